The van der Waals surface area contributed by atoms with Crippen LogP contribution in [-0.4, -0.2) is 54.7 Å². The number of thiophene rings is 1. The Hall–Kier alpha value is -2.34. The number of carbonyl (C=O) groups excluding carboxylic acids is 1. The summed E-state index contributed by atoms with van der Waals surface area (Å²) in [5, 5.41) is 4.88. The summed E-state index contributed by atoms with van der Waals surface area (Å²) in [5.41, 5.74) is 3.69. The van der Waals surface area contributed by atoms with E-state index in [1.54, 1.807) is 41.9 Å². The molecule has 2 aromatic carbocycles. The highest BCUT2D eigenvalue weighted by molar-refractivity contribution is 7.89. The molecule has 3 heterocycles. The van der Waals surface area contributed by atoms with Crippen molar-refractivity contribution < 1.29 is 13.2 Å². The number of benzene rings is 2. The molecule has 2 aliphatic rings. The van der Waals surface area contributed by atoms with Crippen molar-refractivity contribution >= 4 is 66.2 Å². The summed E-state index contributed by atoms with van der Waals surface area (Å²) in [7, 11) is -1.93. The number of rotatable bonds is 8. The number of hydrogen-bond acceptors (Lipinski definition) is 7. The SMILES string of the molecule is CCCN1CCc2c(sc(NC(=O)c3ccc(S(=O)(=O)N(C)C4CC4)cc3)c2-c2nc3ccccc3s2)C1.Cl. The van der Waals surface area contributed by atoms with E-state index in [9.17, 15) is 13.2 Å². The zero-order valence-electron chi connectivity index (χ0n) is 21.8. The molecule has 0 radical (unpaired) electrons. The third kappa shape index (κ3) is 5.51. The number of fused-ring (bicyclic) bond motifs is 2. The predicted molar refractivity (Wildman–Crippen MR) is 162 cm³/mol. The fourth-order valence-electron chi connectivity index (χ4n) is 5.01. The molecule has 0 unspecified atom stereocenters. The van der Waals surface area contributed by atoms with E-state index in [4.69, 9.17) is 4.98 Å². The van der Waals surface area contributed by atoms with Crippen LogP contribution in [0.1, 0.15) is 47.0 Å². The molecule has 1 saturated carbocycles. The maximum atomic E-state index is 13.4. The topological polar surface area (TPSA) is 82.6 Å². The molecule has 6 rings (SSSR count). The van der Waals surface area contributed by atoms with Gasteiger partial charge in [-0.15, -0.1) is 35.1 Å². The molecule has 0 spiro atoms. The lowest BCUT2D eigenvalue weighted by molar-refractivity contribution is 0.102. The van der Waals surface area contributed by atoms with Crippen LogP contribution in [0.25, 0.3) is 20.8 Å². The van der Waals surface area contributed by atoms with E-state index < -0.39 is 10.0 Å². The molecule has 1 aliphatic heterocycles. The van der Waals surface area contributed by atoms with Gasteiger partial charge in [-0.1, -0.05) is 19.1 Å². The molecular formula is C28H31ClN4O3S3. The van der Waals surface area contributed by atoms with Gasteiger partial charge in [-0.25, -0.2) is 13.4 Å². The van der Waals surface area contributed by atoms with Gasteiger partial charge in [0.2, 0.25) is 10.0 Å². The minimum absolute atomic E-state index is 0. The number of aromatic nitrogens is 1. The van der Waals surface area contributed by atoms with Crippen molar-refractivity contribution in [1.82, 2.24) is 14.2 Å². The van der Waals surface area contributed by atoms with Crippen molar-refractivity contribution in [2.45, 2.75) is 50.1 Å². The Morgan fingerprint density at radius 2 is 1.87 bits per heavy atom. The van der Waals surface area contributed by atoms with Crippen molar-refractivity contribution in [1.29, 1.82) is 0 Å². The van der Waals surface area contributed by atoms with Crippen LogP contribution in [0.15, 0.2) is 53.4 Å². The summed E-state index contributed by atoms with van der Waals surface area (Å²) in [6.07, 6.45) is 3.83. The van der Waals surface area contributed by atoms with E-state index in [1.165, 1.54) is 26.9 Å². The molecule has 1 amide bonds. The highest BCUT2D eigenvalue weighted by Crippen LogP contribution is 2.46. The number of halogens is 1. The minimum atomic E-state index is -3.55. The Bertz CT molecular complexity index is 1580. The number of amides is 1. The van der Waals surface area contributed by atoms with Gasteiger partial charge in [-0.05, 0) is 74.2 Å². The maximum Gasteiger partial charge on any atom is 0.256 e. The van der Waals surface area contributed by atoms with Crippen molar-refractivity contribution in [2.75, 3.05) is 25.5 Å². The highest BCUT2D eigenvalue weighted by atomic mass is 35.5. The number of thiazole rings is 1. The normalized spacial score (nSPS) is 15.8. The van der Waals surface area contributed by atoms with Gasteiger partial charge in [-0.3, -0.25) is 9.69 Å². The molecule has 1 fully saturated rings. The Labute approximate surface area is 243 Å². The van der Waals surface area contributed by atoms with Crippen LogP contribution >= 0.6 is 35.1 Å². The second kappa shape index (κ2) is 11.3. The molecular weight excluding hydrogens is 572 g/mol. The van der Waals surface area contributed by atoms with E-state index in [0.29, 0.717) is 5.56 Å². The van der Waals surface area contributed by atoms with Crippen molar-refractivity contribution in [2.24, 2.45) is 0 Å². The number of carbonyl (C=O) groups is 1. The standard InChI is InChI=1S/C28H30N4O3S3.ClH/c1-3-15-32-16-14-21-24(17-32)37-28(25(21)27-29-22-6-4-5-7-23(22)36-27)30-26(33)18-8-12-20(13-9-18)38(34,35)31(2)19-10-11-19;/h4-9,12-13,19H,3,10-11,14-17H2,1-2H3,(H,30,33);1H. The lowest BCUT2D eigenvalue weighted by atomic mass is 10.0. The van der Waals surface area contributed by atoms with Gasteiger partial charge in [0.25, 0.3) is 5.91 Å². The summed E-state index contributed by atoms with van der Waals surface area (Å²) in [4.78, 5) is 22.2. The zero-order valence-corrected chi connectivity index (χ0v) is 25.1. The summed E-state index contributed by atoms with van der Waals surface area (Å²) in [6, 6.07) is 14.4. The summed E-state index contributed by atoms with van der Waals surface area (Å²) in [5.74, 6) is -0.254. The fourth-order valence-corrected chi connectivity index (χ4v) is 8.82. The van der Waals surface area contributed by atoms with Crippen LogP contribution in [-0.2, 0) is 23.0 Å². The van der Waals surface area contributed by atoms with Crippen molar-refractivity contribution in [3.8, 4) is 10.6 Å². The number of nitrogens with zero attached hydrogens (tertiary/aromatic N) is 3. The molecule has 11 heteroatoms. The minimum Gasteiger partial charge on any atom is -0.313 e. The number of para-hydroxylation sites is 1. The Balaban J connectivity index is 0.00000308. The van der Waals surface area contributed by atoms with Gasteiger partial charge < -0.3 is 5.32 Å². The Morgan fingerprint density at radius 1 is 1.13 bits per heavy atom. The third-order valence-corrected chi connectivity index (χ3v) is 11.4. The monoisotopic (exact) mass is 602 g/mol. The first-order valence-electron chi connectivity index (χ1n) is 13.0. The number of sulfonamides is 1. The molecule has 7 nitrogen and oxygen atoms in total. The molecule has 206 valence electrons. The first-order chi connectivity index (χ1) is 18.3. The fraction of sp³-hybridized carbons (Fsp3) is 0.357. The largest absolute Gasteiger partial charge is 0.313 e. The Kier molecular flexibility index (Phi) is 8.15. The van der Waals surface area contributed by atoms with Crippen molar-refractivity contribution in [3.63, 3.8) is 0 Å². The van der Waals surface area contributed by atoms with Crippen LogP contribution in [0, 0.1) is 0 Å². The van der Waals surface area contributed by atoms with Gasteiger partial charge in [0.05, 0.1) is 15.1 Å². The van der Waals surface area contributed by atoms with Crippen molar-refractivity contribution in [3.05, 3.63) is 64.5 Å². The predicted octanol–water partition coefficient (Wildman–Crippen LogP) is 6.25. The first kappa shape index (κ1) is 28.2. The van der Waals surface area contributed by atoms with Gasteiger partial charge in [-0.2, -0.15) is 4.31 Å². The van der Waals surface area contributed by atoms with E-state index in [-0.39, 0.29) is 29.3 Å². The van der Waals surface area contributed by atoms with E-state index in [2.05, 4.69) is 23.2 Å². The summed E-state index contributed by atoms with van der Waals surface area (Å²) in [6.45, 7) is 5.13. The highest BCUT2D eigenvalue weighted by Gasteiger charge is 2.35. The molecule has 2 aromatic heterocycles. The lowest BCUT2D eigenvalue weighted by Crippen LogP contribution is -2.30. The van der Waals surface area contributed by atoms with Gasteiger partial charge >= 0.3 is 0 Å². The van der Waals surface area contributed by atoms with E-state index in [0.717, 1.165) is 71.1 Å². The first-order valence-corrected chi connectivity index (χ1v) is 16.0. The average molecular weight is 603 g/mol. The molecule has 1 aliphatic carbocycles. The third-order valence-electron chi connectivity index (χ3n) is 7.27. The van der Waals surface area contributed by atoms with Crippen LogP contribution in [0.4, 0.5) is 5.00 Å². The van der Waals surface area contributed by atoms with E-state index >= 15 is 0 Å². The molecule has 0 bridgehead atoms. The van der Waals surface area contributed by atoms with Gasteiger partial charge in [0.15, 0.2) is 0 Å². The smallest absolute Gasteiger partial charge is 0.256 e. The molecule has 0 saturated heterocycles. The van der Waals surface area contributed by atoms with Crippen LogP contribution in [0.5, 0.6) is 0 Å². The zero-order chi connectivity index (χ0) is 26.4. The van der Waals surface area contributed by atoms with Gasteiger partial charge in [0.1, 0.15) is 10.0 Å². The molecule has 4 aromatic rings. The van der Waals surface area contributed by atoms with Crippen LogP contribution in [0.2, 0.25) is 0 Å². The number of hydrogen-bond donors (Lipinski definition) is 1. The Morgan fingerprint density at radius 3 is 2.56 bits per heavy atom. The summed E-state index contributed by atoms with van der Waals surface area (Å²) < 4.78 is 28.3. The maximum absolute atomic E-state index is 13.4. The second-order valence-electron chi connectivity index (χ2n) is 9.95. The molecule has 39 heavy (non-hydrogen) atoms. The number of nitrogens with one attached hydrogen (secondary N) is 1. The molecule has 0 atom stereocenters. The quantitative estimate of drug-likeness (QED) is 0.258. The summed E-state index contributed by atoms with van der Waals surface area (Å²) >= 11 is 3.28. The molecule has 1 N–H and O–H groups in total. The average Bonchev–Trinajstić information content (AvgIpc) is 3.58. The van der Waals surface area contributed by atoms with Crippen LogP contribution < -0.4 is 5.32 Å². The van der Waals surface area contributed by atoms with Gasteiger partial charge in [0, 0.05) is 42.2 Å². The van der Waals surface area contributed by atoms with E-state index in [1.807, 2.05) is 18.2 Å². The lowest BCUT2D eigenvalue weighted by Gasteiger charge is -2.26. The number of anilines is 1. The second-order valence-corrected chi connectivity index (χ2v) is 14.1. The van der Waals surface area contributed by atoms with Crippen LogP contribution in [0.3, 0.4) is 0 Å².